The van der Waals surface area contributed by atoms with Gasteiger partial charge in [0.05, 0.1) is 38.1 Å². The van der Waals surface area contributed by atoms with Gasteiger partial charge in [-0.1, -0.05) is 22.5 Å². The normalized spacial score (nSPS) is 18.7. The number of fused-ring (bicyclic) bond motifs is 1. The predicted octanol–water partition coefficient (Wildman–Crippen LogP) is 2.05. The lowest BCUT2D eigenvalue weighted by molar-refractivity contribution is -0.132. The summed E-state index contributed by atoms with van der Waals surface area (Å²) in [6, 6.07) is 7.94. The molecule has 0 saturated carbocycles. The van der Waals surface area contributed by atoms with Crippen molar-refractivity contribution in [3.8, 4) is 5.75 Å². The molecule has 0 N–H and O–H groups in total. The summed E-state index contributed by atoms with van der Waals surface area (Å²) in [5, 5.41) is 12.8. The topological polar surface area (TPSA) is 98.8 Å². The van der Waals surface area contributed by atoms with Crippen molar-refractivity contribution in [3.63, 3.8) is 0 Å². The summed E-state index contributed by atoms with van der Waals surface area (Å²) in [5.41, 5.74) is 4.76. The largest absolute Gasteiger partial charge is 0.497 e. The smallest absolute Gasteiger partial charge is 0.227 e. The molecule has 2 aliphatic heterocycles. The molecule has 10 nitrogen and oxygen atoms in total. The average molecular weight is 467 g/mol. The van der Waals surface area contributed by atoms with E-state index in [4.69, 9.17) is 14.0 Å². The van der Waals surface area contributed by atoms with Crippen molar-refractivity contribution in [2.45, 2.75) is 46.1 Å². The fourth-order valence-corrected chi connectivity index (χ4v) is 4.59. The van der Waals surface area contributed by atoms with Crippen LogP contribution in [0.3, 0.4) is 0 Å². The fourth-order valence-electron chi connectivity index (χ4n) is 4.59. The number of hydrogen-bond acceptors (Lipinski definition) is 8. The van der Waals surface area contributed by atoms with Crippen molar-refractivity contribution in [2.75, 3.05) is 33.3 Å². The summed E-state index contributed by atoms with van der Waals surface area (Å²) in [4.78, 5) is 17.0. The molecular weight excluding hydrogens is 436 g/mol. The highest BCUT2D eigenvalue weighted by Gasteiger charge is 2.28. The van der Waals surface area contributed by atoms with Gasteiger partial charge in [0.2, 0.25) is 5.91 Å². The lowest BCUT2D eigenvalue weighted by atomic mass is 10.1. The molecule has 1 saturated heterocycles. The van der Waals surface area contributed by atoms with Crippen LogP contribution in [0.1, 0.15) is 40.1 Å². The molecule has 4 heterocycles. The summed E-state index contributed by atoms with van der Waals surface area (Å²) < 4.78 is 18.5. The Labute approximate surface area is 198 Å². The Morgan fingerprint density at radius 2 is 1.91 bits per heavy atom. The lowest BCUT2D eigenvalue weighted by Crippen LogP contribution is -2.48. The first-order chi connectivity index (χ1) is 16.5. The van der Waals surface area contributed by atoms with Gasteiger partial charge in [-0.3, -0.25) is 9.69 Å². The molecule has 180 valence electrons. The second kappa shape index (κ2) is 9.55. The van der Waals surface area contributed by atoms with Gasteiger partial charge in [0.1, 0.15) is 23.3 Å². The Morgan fingerprint density at radius 3 is 2.59 bits per heavy atom. The fraction of sp³-hybridized carbons (Fsp3) is 0.500. The van der Waals surface area contributed by atoms with Crippen molar-refractivity contribution in [2.24, 2.45) is 0 Å². The molecule has 1 unspecified atom stereocenters. The summed E-state index contributed by atoms with van der Waals surface area (Å²) in [6.07, 6.45) is 0.284. The zero-order valence-electron chi connectivity index (χ0n) is 19.9. The Hall–Kier alpha value is -3.24. The molecule has 2 aliphatic rings. The van der Waals surface area contributed by atoms with Crippen LogP contribution in [0.4, 0.5) is 0 Å². The molecule has 10 heteroatoms. The van der Waals surface area contributed by atoms with Gasteiger partial charge in [0, 0.05) is 38.3 Å². The molecular formula is C24H30N6O4. The number of benzene rings is 1. The Bertz CT molecular complexity index is 1130. The lowest BCUT2D eigenvalue weighted by Gasteiger charge is -2.34. The van der Waals surface area contributed by atoms with E-state index in [1.807, 2.05) is 47.7 Å². The quantitative estimate of drug-likeness (QED) is 0.544. The van der Waals surface area contributed by atoms with Crippen LogP contribution in [0, 0.1) is 13.8 Å². The van der Waals surface area contributed by atoms with E-state index in [9.17, 15) is 4.79 Å². The molecule has 0 bridgehead atoms. The minimum absolute atomic E-state index is 0.0554. The van der Waals surface area contributed by atoms with Crippen LogP contribution >= 0.6 is 0 Å². The number of ether oxygens (including phenoxy) is 2. The maximum absolute atomic E-state index is 12.8. The number of aryl methyl sites for hydroxylation is 2. The number of piperazine rings is 1. The van der Waals surface area contributed by atoms with Crippen LogP contribution in [0.5, 0.6) is 5.75 Å². The SMILES string of the molecule is COc1ccc(C2Cn3nnc(CN4CCN(C(=O)Cc5c(C)noc5C)CC4)c3CO2)cc1. The van der Waals surface area contributed by atoms with Crippen LogP contribution in [0.2, 0.25) is 0 Å². The van der Waals surface area contributed by atoms with Gasteiger partial charge in [-0.2, -0.15) is 0 Å². The van der Waals surface area contributed by atoms with E-state index < -0.39 is 0 Å². The molecule has 1 atom stereocenters. The molecule has 1 aromatic carbocycles. The molecule has 1 fully saturated rings. The van der Waals surface area contributed by atoms with Crippen LogP contribution in [0.25, 0.3) is 0 Å². The van der Waals surface area contributed by atoms with Gasteiger partial charge in [0.25, 0.3) is 0 Å². The summed E-state index contributed by atoms with van der Waals surface area (Å²) in [6.45, 7) is 8.54. The van der Waals surface area contributed by atoms with E-state index >= 15 is 0 Å². The number of carbonyl (C=O) groups excluding carboxylic acids is 1. The van der Waals surface area contributed by atoms with E-state index in [-0.39, 0.29) is 12.0 Å². The van der Waals surface area contributed by atoms with E-state index in [1.54, 1.807) is 7.11 Å². The van der Waals surface area contributed by atoms with Gasteiger partial charge in [-0.25, -0.2) is 4.68 Å². The Kier molecular flexibility index (Phi) is 6.34. The zero-order chi connectivity index (χ0) is 23.7. The predicted molar refractivity (Wildman–Crippen MR) is 122 cm³/mol. The highest BCUT2D eigenvalue weighted by atomic mass is 16.5. The van der Waals surface area contributed by atoms with Crippen LogP contribution < -0.4 is 4.74 Å². The maximum atomic E-state index is 12.8. The van der Waals surface area contributed by atoms with Gasteiger partial charge < -0.3 is 18.9 Å². The number of amides is 1. The van der Waals surface area contributed by atoms with Gasteiger partial charge in [-0.15, -0.1) is 5.10 Å². The second-order valence-corrected chi connectivity index (χ2v) is 8.87. The van der Waals surface area contributed by atoms with Crippen molar-refractivity contribution >= 4 is 5.91 Å². The van der Waals surface area contributed by atoms with Gasteiger partial charge >= 0.3 is 0 Å². The summed E-state index contributed by atoms with van der Waals surface area (Å²) in [7, 11) is 1.66. The number of hydrogen-bond donors (Lipinski definition) is 0. The summed E-state index contributed by atoms with van der Waals surface area (Å²) in [5.74, 6) is 1.67. The molecule has 1 amide bonds. The van der Waals surface area contributed by atoms with Crippen molar-refractivity contribution in [3.05, 3.63) is 58.2 Å². The van der Waals surface area contributed by atoms with Crippen molar-refractivity contribution in [1.29, 1.82) is 0 Å². The van der Waals surface area contributed by atoms with Crippen LogP contribution in [0.15, 0.2) is 28.8 Å². The Morgan fingerprint density at radius 1 is 1.15 bits per heavy atom. The first-order valence-electron chi connectivity index (χ1n) is 11.6. The van der Waals surface area contributed by atoms with Crippen LogP contribution in [-0.2, 0) is 35.6 Å². The molecule has 0 spiro atoms. The first-order valence-corrected chi connectivity index (χ1v) is 11.6. The van der Waals surface area contributed by atoms with Gasteiger partial charge in [-0.05, 0) is 31.5 Å². The molecule has 2 aromatic heterocycles. The van der Waals surface area contributed by atoms with E-state index in [2.05, 4.69) is 20.4 Å². The highest BCUT2D eigenvalue weighted by Crippen LogP contribution is 2.28. The van der Waals surface area contributed by atoms with E-state index in [0.29, 0.717) is 39.2 Å². The third-order valence-corrected chi connectivity index (χ3v) is 6.77. The summed E-state index contributed by atoms with van der Waals surface area (Å²) >= 11 is 0. The maximum Gasteiger partial charge on any atom is 0.227 e. The standard InChI is InChI=1S/C24H30N6O4/c1-16-20(17(2)34-26-16)12-24(31)29-10-8-28(9-11-29)13-21-22-15-33-23(14-30(22)27-25-21)18-4-6-19(32-3)7-5-18/h4-7,23H,8-15H2,1-3H3. The van der Waals surface area contributed by atoms with Crippen LogP contribution in [-0.4, -0.2) is 69.1 Å². The monoisotopic (exact) mass is 466 g/mol. The van der Waals surface area contributed by atoms with Gasteiger partial charge in [0.15, 0.2) is 0 Å². The number of aromatic nitrogens is 4. The highest BCUT2D eigenvalue weighted by molar-refractivity contribution is 5.79. The third-order valence-electron chi connectivity index (χ3n) is 6.77. The number of carbonyl (C=O) groups is 1. The minimum atomic E-state index is -0.0554. The Balaban J connectivity index is 1.15. The number of nitrogens with zero attached hydrogens (tertiary/aromatic N) is 6. The minimum Gasteiger partial charge on any atom is -0.497 e. The zero-order valence-corrected chi connectivity index (χ0v) is 19.9. The number of rotatable bonds is 6. The molecule has 5 rings (SSSR count). The van der Waals surface area contributed by atoms with E-state index in [1.165, 1.54) is 0 Å². The first kappa shape index (κ1) is 22.5. The number of methoxy groups -OCH3 is 1. The van der Waals surface area contributed by atoms with E-state index in [0.717, 1.165) is 52.8 Å². The van der Waals surface area contributed by atoms with Crippen molar-refractivity contribution < 1.29 is 18.8 Å². The molecule has 0 radical (unpaired) electrons. The molecule has 3 aromatic rings. The molecule has 0 aliphatic carbocycles. The average Bonchev–Trinajstić information content (AvgIpc) is 3.41. The second-order valence-electron chi connectivity index (χ2n) is 8.87. The van der Waals surface area contributed by atoms with Crippen molar-refractivity contribution in [1.82, 2.24) is 30.0 Å². The molecule has 34 heavy (non-hydrogen) atoms. The third kappa shape index (κ3) is 4.55.